The van der Waals surface area contributed by atoms with Crippen molar-refractivity contribution in [3.8, 4) is 5.75 Å². The van der Waals surface area contributed by atoms with Gasteiger partial charge in [0.2, 0.25) is 0 Å². The zero-order valence-corrected chi connectivity index (χ0v) is 15.4. The Hall–Kier alpha value is -2.29. The van der Waals surface area contributed by atoms with Crippen LogP contribution in [-0.2, 0) is 4.79 Å². The Labute approximate surface area is 145 Å². The van der Waals surface area contributed by atoms with Gasteiger partial charge in [-0.25, -0.2) is 0 Å². The average Bonchev–Trinajstić information content (AvgIpc) is 2.48. The summed E-state index contributed by atoms with van der Waals surface area (Å²) in [7, 11) is 0. The molecule has 0 saturated carbocycles. The molecule has 0 heterocycles. The Morgan fingerprint density at radius 1 is 0.917 bits per heavy atom. The van der Waals surface area contributed by atoms with Crippen LogP contribution < -0.4 is 10.1 Å². The molecule has 0 unspecified atom stereocenters. The molecule has 0 aliphatic heterocycles. The maximum absolute atomic E-state index is 12.4. The Morgan fingerprint density at radius 2 is 1.54 bits per heavy atom. The maximum atomic E-state index is 12.4. The van der Waals surface area contributed by atoms with E-state index >= 15 is 0 Å². The topological polar surface area (TPSA) is 38.3 Å². The first-order valence-electron chi connectivity index (χ1n) is 8.38. The largest absolute Gasteiger partial charge is 0.481 e. The van der Waals surface area contributed by atoms with Crippen LogP contribution in [0, 0.1) is 27.7 Å². The molecule has 2 aromatic rings. The van der Waals surface area contributed by atoms with Crippen LogP contribution in [0.15, 0.2) is 36.4 Å². The van der Waals surface area contributed by atoms with Crippen molar-refractivity contribution in [1.82, 2.24) is 5.32 Å². The second-order valence-corrected chi connectivity index (χ2v) is 6.66. The fraction of sp³-hybridized carbons (Fsp3) is 0.381. The highest BCUT2D eigenvalue weighted by atomic mass is 16.5. The van der Waals surface area contributed by atoms with Gasteiger partial charge in [0, 0.05) is 0 Å². The summed E-state index contributed by atoms with van der Waals surface area (Å²) >= 11 is 0. The summed E-state index contributed by atoms with van der Waals surface area (Å²) in [4.78, 5) is 12.4. The van der Waals surface area contributed by atoms with Gasteiger partial charge >= 0.3 is 0 Å². The minimum atomic E-state index is -0.541. The highest BCUT2D eigenvalue weighted by Crippen LogP contribution is 2.19. The molecule has 2 atom stereocenters. The standard InChI is InChI=1S/C21H27NO2/c1-13-9-14(2)11-20(10-13)24-18(6)21(23)22-17(5)19-8-7-15(3)16(4)12-19/h7-12,17-18H,1-6H3,(H,22,23)/t17-,18+/m0/s1. The van der Waals surface area contributed by atoms with Crippen molar-refractivity contribution >= 4 is 5.91 Å². The van der Waals surface area contributed by atoms with Gasteiger partial charge in [-0.1, -0.05) is 24.3 Å². The van der Waals surface area contributed by atoms with Gasteiger partial charge in [0.1, 0.15) is 5.75 Å². The molecule has 0 aliphatic rings. The van der Waals surface area contributed by atoms with Crippen molar-refractivity contribution in [3.05, 3.63) is 64.2 Å². The van der Waals surface area contributed by atoms with Crippen LogP contribution in [-0.4, -0.2) is 12.0 Å². The normalized spacial score (nSPS) is 13.2. The molecule has 0 aliphatic carbocycles. The molecule has 128 valence electrons. The number of hydrogen-bond donors (Lipinski definition) is 1. The first kappa shape index (κ1) is 18.1. The molecule has 0 radical (unpaired) electrons. The van der Waals surface area contributed by atoms with Gasteiger partial charge in [0.15, 0.2) is 6.10 Å². The number of aryl methyl sites for hydroxylation is 4. The van der Waals surface area contributed by atoms with E-state index in [1.165, 1.54) is 11.1 Å². The summed E-state index contributed by atoms with van der Waals surface area (Å²) in [5.74, 6) is 0.619. The van der Waals surface area contributed by atoms with E-state index in [1.807, 2.05) is 32.9 Å². The van der Waals surface area contributed by atoms with Gasteiger partial charge in [0.25, 0.3) is 5.91 Å². The predicted molar refractivity (Wildman–Crippen MR) is 98.5 cm³/mol. The van der Waals surface area contributed by atoms with E-state index < -0.39 is 6.10 Å². The van der Waals surface area contributed by atoms with Crippen molar-refractivity contribution < 1.29 is 9.53 Å². The number of rotatable bonds is 5. The third-order valence-corrected chi connectivity index (χ3v) is 4.27. The van der Waals surface area contributed by atoms with Crippen LogP contribution in [0.2, 0.25) is 0 Å². The SMILES string of the molecule is Cc1cc(C)cc(O[C@H](C)C(=O)N[C@@H](C)c2ccc(C)c(C)c2)c1. The molecular formula is C21H27NO2. The average molecular weight is 325 g/mol. The molecule has 3 heteroatoms. The lowest BCUT2D eigenvalue weighted by molar-refractivity contribution is -0.127. The number of carbonyl (C=O) groups excluding carboxylic acids is 1. The fourth-order valence-electron chi connectivity index (χ4n) is 2.71. The minimum Gasteiger partial charge on any atom is -0.481 e. The quantitative estimate of drug-likeness (QED) is 0.875. The highest BCUT2D eigenvalue weighted by molar-refractivity contribution is 5.81. The first-order chi connectivity index (χ1) is 11.3. The first-order valence-corrected chi connectivity index (χ1v) is 8.38. The van der Waals surface area contributed by atoms with Gasteiger partial charge in [-0.05, 0) is 81.5 Å². The molecular weight excluding hydrogens is 298 g/mol. The molecule has 0 spiro atoms. The lowest BCUT2D eigenvalue weighted by Gasteiger charge is -2.20. The fourth-order valence-corrected chi connectivity index (χ4v) is 2.71. The number of benzene rings is 2. The van der Waals surface area contributed by atoms with Crippen LogP contribution in [0.5, 0.6) is 5.75 Å². The van der Waals surface area contributed by atoms with E-state index in [1.54, 1.807) is 6.92 Å². The third kappa shape index (κ3) is 4.60. The summed E-state index contributed by atoms with van der Waals surface area (Å²) < 4.78 is 5.81. The number of carbonyl (C=O) groups is 1. The van der Waals surface area contributed by atoms with Crippen molar-refractivity contribution in [2.24, 2.45) is 0 Å². The van der Waals surface area contributed by atoms with E-state index in [0.717, 1.165) is 22.4 Å². The van der Waals surface area contributed by atoms with Gasteiger partial charge in [0.05, 0.1) is 6.04 Å². The molecule has 1 N–H and O–H groups in total. The number of amides is 1. The Kier molecular flexibility index (Phi) is 5.66. The van der Waals surface area contributed by atoms with Crippen LogP contribution >= 0.6 is 0 Å². The molecule has 0 aromatic heterocycles. The monoisotopic (exact) mass is 325 g/mol. The molecule has 0 fully saturated rings. The second kappa shape index (κ2) is 7.52. The Bertz CT molecular complexity index is 716. The molecule has 0 saturated heterocycles. The van der Waals surface area contributed by atoms with Crippen LogP contribution in [0.25, 0.3) is 0 Å². The lowest BCUT2D eigenvalue weighted by atomic mass is 10.0. The smallest absolute Gasteiger partial charge is 0.261 e. The Balaban J connectivity index is 2.01. The van der Waals surface area contributed by atoms with Crippen LogP contribution in [0.1, 0.15) is 47.7 Å². The van der Waals surface area contributed by atoms with Gasteiger partial charge in [-0.3, -0.25) is 4.79 Å². The van der Waals surface area contributed by atoms with Crippen molar-refractivity contribution in [3.63, 3.8) is 0 Å². The van der Waals surface area contributed by atoms with E-state index in [-0.39, 0.29) is 11.9 Å². The summed E-state index contributed by atoms with van der Waals surface area (Å²) in [6.45, 7) is 12.0. The van der Waals surface area contributed by atoms with E-state index in [4.69, 9.17) is 4.74 Å². The molecule has 0 bridgehead atoms. The highest BCUT2D eigenvalue weighted by Gasteiger charge is 2.18. The lowest BCUT2D eigenvalue weighted by Crippen LogP contribution is -2.37. The van der Waals surface area contributed by atoms with Crippen LogP contribution in [0.4, 0.5) is 0 Å². The van der Waals surface area contributed by atoms with Gasteiger partial charge in [-0.15, -0.1) is 0 Å². The number of ether oxygens (including phenoxy) is 1. The zero-order valence-electron chi connectivity index (χ0n) is 15.4. The summed E-state index contributed by atoms with van der Waals surface area (Å²) in [6, 6.07) is 12.2. The van der Waals surface area contributed by atoms with Crippen LogP contribution in [0.3, 0.4) is 0 Å². The summed E-state index contributed by atoms with van der Waals surface area (Å²) in [5, 5.41) is 3.03. The van der Waals surface area contributed by atoms with Gasteiger partial charge in [-0.2, -0.15) is 0 Å². The van der Waals surface area contributed by atoms with Crippen molar-refractivity contribution in [2.75, 3.05) is 0 Å². The predicted octanol–water partition coefficient (Wildman–Crippen LogP) is 4.56. The molecule has 2 aromatic carbocycles. The maximum Gasteiger partial charge on any atom is 0.261 e. The summed E-state index contributed by atoms with van der Waals surface area (Å²) in [6.07, 6.45) is -0.541. The molecule has 3 nitrogen and oxygen atoms in total. The second-order valence-electron chi connectivity index (χ2n) is 6.66. The molecule has 2 rings (SSSR count). The van der Waals surface area contributed by atoms with Crippen molar-refractivity contribution in [1.29, 1.82) is 0 Å². The summed E-state index contributed by atoms with van der Waals surface area (Å²) in [5.41, 5.74) is 5.84. The molecule has 1 amide bonds. The van der Waals surface area contributed by atoms with E-state index in [0.29, 0.717) is 0 Å². The zero-order chi connectivity index (χ0) is 17.9. The minimum absolute atomic E-state index is 0.0536. The Morgan fingerprint density at radius 3 is 2.12 bits per heavy atom. The van der Waals surface area contributed by atoms with Crippen molar-refractivity contribution in [2.45, 2.75) is 53.7 Å². The molecule has 24 heavy (non-hydrogen) atoms. The van der Waals surface area contributed by atoms with E-state index in [9.17, 15) is 4.79 Å². The number of hydrogen-bond acceptors (Lipinski definition) is 2. The van der Waals surface area contributed by atoms with Gasteiger partial charge < -0.3 is 10.1 Å². The number of nitrogens with one attached hydrogen (secondary N) is 1. The third-order valence-electron chi connectivity index (χ3n) is 4.27. The van der Waals surface area contributed by atoms with E-state index in [2.05, 4.69) is 43.4 Å².